The van der Waals surface area contributed by atoms with Crippen LogP contribution in [0.2, 0.25) is 0 Å². The Bertz CT molecular complexity index is 1530. The van der Waals surface area contributed by atoms with Gasteiger partial charge in [-0.05, 0) is 68.4 Å². The van der Waals surface area contributed by atoms with Crippen molar-refractivity contribution in [1.82, 2.24) is 0 Å². The quantitative estimate of drug-likeness (QED) is 0.243. The number of aliphatic imine (C=N–C) groups is 1. The highest BCUT2D eigenvalue weighted by molar-refractivity contribution is 7.56. The van der Waals surface area contributed by atoms with Gasteiger partial charge in [-0.25, -0.2) is 0 Å². The molecule has 0 atom stereocenters. The zero-order valence-electron chi connectivity index (χ0n) is 19.6. The average molecular weight is 472 g/mol. The molecular formula is C32H26NOP. The van der Waals surface area contributed by atoms with Gasteiger partial charge in [0.25, 0.3) is 0 Å². The third-order valence-corrected chi connectivity index (χ3v) is 9.76. The van der Waals surface area contributed by atoms with Crippen molar-refractivity contribution >= 4 is 35.4 Å². The molecule has 0 saturated heterocycles. The molecule has 0 radical (unpaired) electrons. The molecule has 2 nitrogen and oxygen atoms in total. The van der Waals surface area contributed by atoms with E-state index in [0.717, 1.165) is 36.5 Å². The number of nitrogens with zero attached hydrogens (tertiary/aromatic N) is 1. The Balaban J connectivity index is 1.29. The highest BCUT2D eigenvalue weighted by atomic mass is 31.1. The standard InChI is InChI=1S/C32H26NOP/c1-4-10-27-22(7-1)13-15-25-20-35(18-17-33-32-29-12-6-3-9-24(29)19-34-32)21-26-16-14-23-8-2-5-11-28(23)31(26)30(25)27/h1-16H,17-21H2/b33-32-. The summed E-state index contributed by atoms with van der Waals surface area (Å²) in [5.74, 6) is 0.822. The number of ether oxygens (including phenoxy) is 1. The summed E-state index contributed by atoms with van der Waals surface area (Å²) in [7, 11) is -0.233. The smallest absolute Gasteiger partial charge is 0.216 e. The van der Waals surface area contributed by atoms with Crippen molar-refractivity contribution in [3.63, 3.8) is 0 Å². The Labute approximate surface area is 207 Å². The van der Waals surface area contributed by atoms with Gasteiger partial charge in [0.05, 0.1) is 0 Å². The molecule has 0 spiro atoms. The van der Waals surface area contributed by atoms with Crippen molar-refractivity contribution < 1.29 is 4.74 Å². The Hall–Kier alpha value is -3.48. The van der Waals surface area contributed by atoms with E-state index in [4.69, 9.17) is 9.73 Å². The first kappa shape index (κ1) is 20.9. The van der Waals surface area contributed by atoms with Gasteiger partial charge in [-0.2, -0.15) is 0 Å². The Morgan fingerprint density at radius 2 is 1.23 bits per heavy atom. The van der Waals surface area contributed by atoms with Crippen molar-refractivity contribution in [3.05, 3.63) is 119 Å². The van der Waals surface area contributed by atoms with E-state index in [-0.39, 0.29) is 7.92 Å². The largest absolute Gasteiger partial charge is 0.473 e. The first-order valence-electron chi connectivity index (χ1n) is 12.3. The summed E-state index contributed by atoms with van der Waals surface area (Å²) in [6.07, 6.45) is 3.39. The fraction of sp³-hybridized carbons (Fsp3) is 0.156. The molecule has 0 N–H and O–H groups in total. The predicted molar refractivity (Wildman–Crippen MR) is 149 cm³/mol. The minimum absolute atomic E-state index is 0.233. The average Bonchev–Trinajstić information content (AvgIpc) is 3.23. The van der Waals surface area contributed by atoms with E-state index in [0.29, 0.717) is 6.61 Å². The van der Waals surface area contributed by atoms with E-state index in [9.17, 15) is 0 Å². The van der Waals surface area contributed by atoms with Crippen LogP contribution in [0.15, 0.2) is 102 Å². The van der Waals surface area contributed by atoms with Crippen molar-refractivity contribution in [2.24, 2.45) is 4.99 Å². The van der Waals surface area contributed by atoms with E-state index in [2.05, 4.69) is 97.1 Å². The molecular weight excluding hydrogens is 445 g/mol. The van der Waals surface area contributed by atoms with Gasteiger partial charge in [-0.1, -0.05) is 98.9 Å². The Morgan fingerprint density at radius 3 is 1.91 bits per heavy atom. The molecule has 3 heteroatoms. The second kappa shape index (κ2) is 8.63. The second-order valence-electron chi connectivity index (χ2n) is 9.48. The SMILES string of the molecule is c1ccc2c(c1)CO/C2=N\CCP1Cc2ccc3ccccc3c2-c2c(ccc3ccccc23)C1. The molecule has 2 heterocycles. The summed E-state index contributed by atoms with van der Waals surface area (Å²) < 4.78 is 5.90. The summed E-state index contributed by atoms with van der Waals surface area (Å²) in [5.41, 5.74) is 8.27. The molecule has 5 aromatic carbocycles. The van der Waals surface area contributed by atoms with Gasteiger partial charge in [-0.15, -0.1) is 0 Å². The van der Waals surface area contributed by atoms with Crippen LogP contribution in [0, 0.1) is 0 Å². The number of hydrogen-bond donors (Lipinski definition) is 0. The summed E-state index contributed by atoms with van der Waals surface area (Å²) in [6.45, 7) is 1.46. The maximum atomic E-state index is 5.90. The molecule has 2 aliphatic rings. The van der Waals surface area contributed by atoms with E-state index in [1.54, 1.807) is 0 Å². The molecule has 170 valence electrons. The first-order valence-corrected chi connectivity index (χ1v) is 14.2. The normalized spacial score (nSPS) is 16.1. The van der Waals surface area contributed by atoms with Crippen molar-refractivity contribution in [2.45, 2.75) is 18.9 Å². The lowest BCUT2D eigenvalue weighted by Gasteiger charge is -2.15. The van der Waals surface area contributed by atoms with Crippen molar-refractivity contribution in [3.8, 4) is 11.1 Å². The molecule has 0 aliphatic carbocycles. The van der Waals surface area contributed by atoms with Gasteiger partial charge in [-0.3, -0.25) is 4.99 Å². The molecule has 0 aromatic heterocycles. The van der Waals surface area contributed by atoms with Crippen LogP contribution < -0.4 is 0 Å². The second-order valence-corrected chi connectivity index (χ2v) is 11.9. The molecule has 0 amide bonds. The van der Waals surface area contributed by atoms with Crippen LogP contribution in [0.1, 0.15) is 22.3 Å². The van der Waals surface area contributed by atoms with Gasteiger partial charge in [0.2, 0.25) is 5.90 Å². The lowest BCUT2D eigenvalue weighted by atomic mass is 9.88. The van der Waals surface area contributed by atoms with Crippen molar-refractivity contribution in [1.29, 1.82) is 0 Å². The summed E-state index contributed by atoms with van der Waals surface area (Å²) >= 11 is 0. The summed E-state index contributed by atoms with van der Waals surface area (Å²) in [4.78, 5) is 4.91. The number of fused-ring (bicyclic) bond motifs is 8. The predicted octanol–water partition coefficient (Wildman–Crippen LogP) is 8.13. The molecule has 2 aliphatic heterocycles. The zero-order chi connectivity index (χ0) is 23.2. The number of hydrogen-bond acceptors (Lipinski definition) is 2. The molecule has 35 heavy (non-hydrogen) atoms. The molecule has 5 aromatic rings. The fourth-order valence-electron chi connectivity index (χ4n) is 5.69. The number of benzene rings is 5. The topological polar surface area (TPSA) is 21.6 Å². The molecule has 0 saturated carbocycles. The van der Waals surface area contributed by atoms with E-state index in [1.807, 2.05) is 0 Å². The third-order valence-electron chi connectivity index (χ3n) is 7.35. The summed E-state index contributed by atoms with van der Waals surface area (Å²) in [6, 6.07) is 35.5. The lowest BCUT2D eigenvalue weighted by Crippen LogP contribution is -2.02. The van der Waals surface area contributed by atoms with Gasteiger partial charge < -0.3 is 4.74 Å². The fourth-order valence-corrected chi connectivity index (χ4v) is 7.99. The van der Waals surface area contributed by atoms with E-state index < -0.39 is 0 Å². The van der Waals surface area contributed by atoms with Crippen LogP contribution in [0.3, 0.4) is 0 Å². The minimum atomic E-state index is -0.233. The van der Waals surface area contributed by atoms with Crippen LogP contribution in [0.25, 0.3) is 32.7 Å². The van der Waals surface area contributed by atoms with Gasteiger partial charge in [0.15, 0.2) is 0 Å². The minimum Gasteiger partial charge on any atom is -0.473 e. The number of rotatable bonds is 3. The Morgan fingerprint density at radius 1 is 0.629 bits per heavy atom. The molecule has 0 unspecified atom stereocenters. The summed E-state index contributed by atoms with van der Waals surface area (Å²) in [5, 5.41) is 5.38. The van der Waals surface area contributed by atoms with Crippen molar-refractivity contribution in [2.75, 3.05) is 12.7 Å². The van der Waals surface area contributed by atoms with Crippen LogP contribution in [-0.4, -0.2) is 18.6 Å². The van der Waals surface area contributed by atoms with Gasteiger partial charge in [0.1, 0.15) is 6.61 Å². The lowest BCUT2D eigenvalue weighted by molar-refractivity contribution is 0.311. The van der Waals surface area contributed by atoms with E-state index >= 15 is 0 Å². The van der Waals surface area contributed by atoms with Crippen LogP contribution in [-0.2, 0) is 23.7 Å². The molecule has 0 bridgehead atoms. The third kappa shape index (κ3) is 3.65. The van der Waals surface area contributed by atoms with Crippen LogP contribution in [0.4, 0.5) is 0 Å². The zero-order valence-corrected chi connectivity index (χ0v) is 20.5. The maximum Gasteiger partial charge on any atom is 0.216 e. The molecule has 7 rings (SSSR count). The van der Waals surface area contributed by atoms with E-state index in [1.165, 1.54) is 49.4 Å². The highest BCUT2D eigenvalue weighted by Gasteiger charge is 2.24. The monoisotopic (exact) mass is 471 g/mol. The highest BCUT2D eigenvalue weighted by Crippen LogP contribution is 2.52. The van der Waals surface area contributed by atoms with Gasteiger partial charge in [0, 0.05) is 17.7 Å². The molecule has 0 fully saturated rings. The first-order chi connectivity index (χ1) is 17.3. The van der Waals surface area contributed by atoms with Crippen LogP contribution >= 0.6 is 7.92 Å². The van der Waals surface area contributed by atoms with Crippen LogP contribution in [0.5, 0.6) is 0 Å². The maximum absolute atomic E-state index is 5.90. The Kier molecular flexibility index (Phi) is 5.14. The van der Waals surface area contributed by atoms with Gasteiger partial charge >= 0.3 is 0 Å².